The largest absolute Gasteiger partial charge is 0.496 e. The van der Waals surface area contributed by atoms with E-state index in [9.17, 15) is 8.42 Å². The van der Waals surface area contributed by atoms with Crippen LogP contribution < -0.4 is 9.47 Å². The van der Waals surface area contributed by atoms with Crippen molar-refractivity contribution < 1.29 is 17.9 Å². The first-order chi connectivity index (χ1) is 11.0. The van der Waals surface area contributed by atoms with Crippen molar-refractivity contribution in [2.24, 2.45) is 0 Å². The number of hydrogen-bond acceptors (Lipinski definition) is 4. The molecule has 0 aliphatic heterocycles. The molecule has 5 nitrogen and oxygen atoms in total. The maximum Gasteiger partial charge on any atom is 0.247 e. The summed E-state index contributed by atoms with van der Waals surface area (Å²) >= 11 is 3.37. The Hall–Kier alpha value is -0.790. The van der Waals surface area contributed by atoms with Crippen LogP contribution in [-0.4, -0.2) is 39.5 Å². The van der Waals surface area contributed by atoms with Gasteiger partial charge in [-0.3, -0.25) is 0 Å². The first-order valence-electron chi connectivity index (χ1n) is 7.89. The van der Waals surface area contributed by atoms with Crippen LogP contribution in [0.25, 0.3) is 0 Å². The lowest BCUT2D eigenvalue weighted by Crippen LogP contribution is -2.41. The van der Waals surface area contributed by atoms with Crippen molar-refractivity contribution in [3.8, 4) is 11.5 Å². The highest BCUT2D eigenvalue weighted by molar-refractivity contribution is 9.10. The van der Waals surface area contributed by atoms with Crippen LogP contribution in [0, 0.1) is 0 Å². The van der Waals surface area contributed by atoms with Crippen molar-refractivity contribution in [3.63, 3.8) is 0 Å². The van der Waals surface area contributed by atoms with Gasteiger partial charge in [-0.25, -0.2) is 8.42 Å². The zero-order chi connectivity index (χ0) is 17.0. The Bertz CT molecular complexity index is 642. The first kappa shape index (κ1) is 18.5. The van der Waals surface area contributed by atoms with Crippen LogP contribution in [0.4, 0.5) is 0 Å². The zero-order valence-electron chi connectivity index (χ0n) is 13.8. The minimum Gasteiger partial charge on any atom is -0.496 e. The van der Waals surface area contributed by atoms with E-state index in [1.165, 1.54) is 26.7 Å². The molecular weight excluding hydrogens is 382 g/mol. The number of sulfonamides is 1. The fourth-order valence-corrected chi connectivity index (χ4v) is 5.49. The topological polar surface area (TPSA) is 55.8 Å². The number of methoxy groups -OCH3 is 2. The number of rotatable bonds is 6. The molecule has 2 rings (SSSR count). The van der Waals surface area contributed by atoms with Crippen LogP contribution in [0.5, 0.6) is 11.5 Å². The van der Waals surface area contributed by atoms with Crippen LogP contribution in [-0.2, 0) is 10.0 Å². The Morgan fingerprint density at radius 1 is 1.13 bits per heavy atom. The molecule has 0 N–H and O–H groups in total. The standard InChI is InChI=1S/C16H24BrNO4S/c1-4-18(12-8-6-5-7-9-12)23(19,20)16-11-14(21-2)13(17)10-15(16)22-3/h10-12H,4-9H2,1-3H3. The summed E-state index contributed by atoms with van der Waals surface area (Å²) in [6.45, 7) is 2.34. The normalized spacial score (nSPS) is 16.6. The Morgan fingerprint density at radius 3 is 2.26 bits per heavy atom. The van der Waals surface area contributed by atoms with Gasteiger partial charge in [-0.15, -0.1) is 0 Å². The van der Waals surface area contributed by atoms with E-state index in [0.29, 0.717) is 22.5 Å². The average molecular weight is 406 g/mol. The molecule has 1 aliphatic carbocycles. The lowest BCUT2D eigenvalue weighted by molar-refractivity contribution is 0.260. The van der Waals surface area contributed by atoms with Crippen LogP contribution in [0.1, 0.15) is 39.0 Å². The van der Waals surface area contributed by atoms with E-state index < -0.39 is 10.0 Å². The van der Waals surface area contributed by atoms with Gasteiger partial charge in [-0.2, -0.15) is 4.31 Å². The van der Waals surface area contributed by atoms with Crippen LogP contribution in [0.2, 0.25) is 0 Å². The van der Waals surface area contributed by atoms with Crippen LogP contribution in [0.3, 0.4) is 0 Å². The Labute approximate surface area is 147 Å². The quantitative estimate of drug-likeness (QED) is 0.721. The molecule has 0 bridgehead atoms. The molecule has 7 heteroatoms. The number of benzene rings is 1. The molecule has 0 aromatic heterocycles. The van der Waals surface area contributed by atoms with Gasteiger partial charge in [-0.05, 0) is 34.8 Å². The van der Waals surface area contributed by atoms with Crippen LogP contribution >= 0.6 is 15.9 Å². The molecule has 130 valence electrons. The number of hydrogen-bond donors (Lipinski definition) is 0. The summed E-state index contributed by atoms with van der Waals surface area (Å²) in [5.41, 5.74) is 0. The number of ether oxygens (including phenoxy) is 2. The van der Waals surface area contributed by atoms with Crippen molar-refractivity contribution >= 4 is 26.0 Å². The predicted molar refractivity (Wildman–Crippen MR) is 93.7 cm³/mol. The molecule has 1 aliphatic rings. The van der Waals surface area contributed by atoms with E-state index in [1.807, 2.05) is 6.92 Å². The fraction of sp³-hybridized carbons (Fsp3) is 0.625. The molecule has 0 unspecified atom stereocenters. The van der Waals surface area contributed by atoms with Gasteiger partial charge in [0.05, 0.1) is 18.7 Å². The lowest BCUT2D eigenvalue weighted by Gasteiger charge is -2.33. The predicted octanol–water partition coefficient (Wildman–Crippen LogP) is 3.81. The van der Waals surface area contributed by atoms with Gasteiger partial charge in [0.2, 0.25) is 10.0 Å². The van der Waals surface area contributed by atoms with E-state index in [2.05, 4.69) is 15.9 Å². The molecule has 1 aromatic rings. The summed E-state index contributed by atoms with van der Waals surface area (Å²) in [5.74, 6) is 0.802. The lowest BCUT2D eigenvalue weighted by atomic mass is 9.95. The minimum atomic E-state index is -3.64. The number of nitrogens with zero attached hydrogens (tertiary/aromatic N) is 1. The van der Waals surface area contributed by atoms with Gasteiger partial charge < -0.3 is 9.47 Å². The van der Waals surface area contributed by atoms with Gasteiger partial charge in [-0.1, -0.05) is 26.2 Å². The van der Waals surface area contributed by atoms with Gasteiger partial charge in [0.1, 0.15) is 16.4 Å². The minimum absolute atomic E-state index is 0.0677. The Morgan fingerprint density at radius 2 is 1.74 bits per heavy atom. The third-order valence-electron chi connectivity index (χ3n) is 4.32. The third kappa shape index (κ3) is 3.83. The van der Waals surface area contributed by atoms with Gasteiger partial charge in [0.25, 0.3) is 0 Å². The maximum absolute atomic E-state index is 13.2. The second-order valence-electron chi connectivity index (χ2n) is 5.64. The Kier molecular flexibility index (Phi) is 6.33. The summed E-state index contributed by atoms with van der Waals surface area (Å²) in [6.07, 6.45) is 5.19. The molecule has 1 saturated carbocycles. The smallest absolute Gasteiger partial charge is 0.247 e. The summed E-state index contributed by atoms with van der Waals surface area (Å²) < 4.78 is 39.2. The van der Waals surface area contributed by atoms with Crippen molar-refractivity contribution in [3.05, 3.63) is 16.6 Å². The molecule has 1 fully saturated rings. The van der Waals surface area contributed by atoms with E-state index in [-0.39, 0.29) is 10.9 Å². The van der Waals surface area contributed by atoms with E-state index in [4.69, 9.17) is 9.47 Å². The summed E-state index contributed by atoms with van der Waals surface area (Å²) in [5, 5.41) is 0. The van der Waals surface area contributed by atoms with E-state index in [0.717, 1.165) is 25.7 Å². The molecule has 0 radical (unpaired) electrons. The highest BCUT2D eigenvalue weighted by atomic mass is 79.9. The van der Waals surface area contributed by atoms with Crippen LogP contribution in [0.15, 0.2) is 21.5 Å². The SMILES string of the molecule is CCN(C1CCCCC1)S(=O)(=O)c1cc(OC)c(Br)cc1OC. The summed E-state index contributed by atoms with van der Waals surface area (Å²) in [7, 11) is -0.643. The van der Waals surface area contributed by atoms with Gasteiger partial charge in [0, 0.05) is 18.7 Å². The molecule has 0 atom stereocenters. The molecule has 0 heterocycles. The highest BCUT2D eigenvalue weighted by Gasteiger charge is 2.33. The molecule has 0 saturated heterocycles. The van der Waals surface area contributed by atoms with Crippen molar-refractivity contribution in [2.75, 3.05) is 20.8 Å². The highest BCUT2D eigenvalue weighted by Crippen LogP contribution is 2.38. The van der Waals surface area contributed by atoms with E-state index in [1.54, 1.807) is 10.4 Å². The molecule has 1 aromatic carbocycles. The first-order valence-corrected chi connectivity index (χ1v) is 10.1. The molecule has 0 spiro atoms. The third-order valence-corrected chi connectivity index (χ3v) is 6.99. The van der Waals surface area contributed by atoms with Crippen molar-refractivity contribution in [2.45, 2.75) is 50.0 Å². The van der Waals surface area contributed by atoms with Gasteiger partial charge in [0.15, 0.2) is 0 Å². The summed E-state index contributed by atoms with van der Waals surface area (Å²) in [6, 6.07) is 3.24. The van der Waals surface area contributed by atoms with Gasteiger partial charge >= 0.3 is 0 Å². The monoisotopic (exact) mass is 405 g/mol. The average Bonchev–Trinajstić information content (AvgIpc) is 2.55. The Balaban J connectivity index is 2.48. The maximum atomic E-state index is 13.2. The second kappa shape index (κ2) is 7.85. The molecule has 0 amide bonds. The van der Waals surface area contributed by atoms with E-state index >= 15 is 0 Å². The second-order valence-corrected chi connectivity index (χ2v) is 8.35. The number of halogens is 1. The van der Waals surface area contributed by atoms with Crippen molar-refractivity contribution in [1.82, 2.24) is 4.31 Å². The molecule has 23 heavy (non-hydrogen) atoms. The summed E-state index contributed by atoms with van der Waals surface area (Å²) in [4.78, 5) is 0.160. The van der Waals surface area contributed by atoms with Crippen molar-refractivity contribution in [1.29, 1.82) is 0 Å². The zero-order valence-corrected chi connectivity index (χ0v) is 16.2. The molecular formula is C16H24BrNO4S. The fourth-order valence-electron chi connectivity index (χ4n) is 3.15.